The monoisotopic (exact) mass is 329 g/mol. The highest BCUT2D eigenvalue weighted by atomic mass is 32.2. The third-order valence-corrected chi connectivity index (χ3v) is 4.39. The van der Waals surface area contributed by atoms with E-state index >= 15 is 0 Å². The van der Waals surface area contributed by atoms with Crippen LogP contribution >= 0.6 is 11.8 Å². The number of amides is 1. The molecule has 1 heterocycles. The van der Waals surface area contributed by atoms with E-state index in [0.717, 1.165) is 22.1 Å². The number of rotatable bonds is 5. The summed E-state index contributed by atoms with van der Waals surface area (Å²) in [6.45, 7) is 8.52. The molecule has 23 heavy (non-hydrogen) atoms. The normalized spacial score (nSPS) is 10.9. The van der Waals surface area contributed by atoms with Gasteiger partial charge in [-0.3, -0.25) is 4.79 Å². The molecule has 0 radical (unpaired) electrons. The molecule has 0 fully saturated rings. The van der Waals surface area contributed by atoms with Crippen LogP contribution in [0, 0.1) is 13.8 Å². The first-order valence-corrected chi connectivity index (χ1v) is 8.91. The number of thioether (sulfide) groups is 1. The van der Waals surface area contributed by atoms with Crippen LogP contribution < -0.4 is 5.32 Å². The summed E-state index contributed by atoms with van der Waals surface area (Å²) < 4.78 is 0. The Bertz CT molecular complexity index is 713. The molecule has 1 aromatic carbocycles. The van der Waals surface area contributed by atoms with Crippen LogP contribution in [0.5, 0.6) is 0 Å². The number of aromatic nitrogens is 2. The number of carbonyl (C=O) groups is 1. The second-order valence-corrected chi connectivity index (χ2v) is 6.61. The average Bonchev–Trinajstić information content (AvgIpc) is 2.52. The van der Waals surface area contributed by atoms with Crippen LogP contribution in [-0.4, -0.2) is 22.1 Å². The van der Waals surface area contributed by atoms with Crippen LogP contribution in [0.4, 0.5) is 0 Å². The van der Waals surface area contributed by atoms with Gasteiger partial charge in [0.2, 0.25) is 0 Å². The van der Waals surface area contributed by atoms with E-state index in [9.17, 15) is 4.79 Å². The summed E-state index contributed by atoms with van der Waals surface area (Å²) in [5, 5.41) is 3.73. The smallest absolute Gasteiger partial charge is 0.256 e. The first-order valence-electron chi connectivity index (χ1n) is 7.69. The third kappa shape index (κ3) is 4.10. The molecule has 2 aromatic rings. The van der Waals surface area contributed by atoms with Gasteiger partial charge < -0.3 is 5.32 Å². The molecule has 0 saturated heterocycles. The zero-order valence-corrected chi connectivity index (χ0v) is 15.1. The molecule has 0 atom stereocenters. The fourth-order valence-corrected chi connectivity index (χ4v) is 2.94. The summed E-state index contributed by atoms with van der Waals surface area (Å²) in [6, 6.07) is 8.04. The van der Waals surface area contributed by atoms with Crippen molar-refractivity contribution in [3.8, 4) is 0 Å². The molecule has 0 aliphatic heterocycles. The lowest BCUT2D eigenvalue weighted by Gasteiger charge is -2.14. The molecule has 0 spiro atoms. The highest BCUT2D eigenvalue weighted by Crippen LogP contribution is 2.23. The summed E-state index contributed by atoms with van der Waals surface area (Å²) in [5.41, 5.74) is 3.59. The maximum absolute atomic E-state index is 12.6. The fraction of sp³-hybridized carbons (Fsp3) is 0.389. The van der Waals surface area contributed by atoms with Gasteiger partial charge in [0.05, 0.1) is 11.3 Å². The van der Waals surface area contributed by atoms with Crippen molar-refractivity contribution in [2.45, 2.75) is 45.2 Å². The summed E-state index contributed by atoms with van der Waals surface area (Å²) in [7, 11) is 0. The highest BCUT2D eigenvalue weighted by Gasteiger charge is 2.19. The molecule has 4 nitrogen and oxygen atoms in total. The van der Waals surface area contributed by atoms with E-state index in [0.29, 0.717) is 12.1 Å². The summed E-state index contributed by atoms with van der Waals surface area (Å²) in [4.78, 5) is 21.6. The Kier molecular flexibility index (Phi) is 5.77. The maximum Gasteiger partial charge on any atom is 0.256 e. The van der Waals surface area contributed by atoms with Crippen molar-refractivity contribution >= 4 is 17.7 Å². The number of aryl methyl sites for hydroxylation is 2. The average molecular weight is 329 g/mol. The Hall–Kier alpha value is -1.88. The van der Waals surface area contributed by atoms with Crippen LogP contribution in [0.1, 0.15) is 52.8 Å². The Morgan fingerprint density at radius 2 is 1.91 bits per heavy atom. The van der Waals surface area contributed by atoms with Crippen molar-refractivity contribution in [1.29, 1.82) is 0 Å². The van der Waals surface area contributed by atoms with E-state index in [1.54, 1.807) is 0 Å². The fourth-order valence-electron chi connectivity index (χ4n) is 2.31. The van der Waals surface area contributed by atoms with Crippen molar-refractivity contribution in [1.82, 2.24) is 15.3 Å². The van der Waals surface area contributed by atoms with Gasteiger partial charge in [-0.05, 0) is 31.2 Å². The van der Waals surface area contributed by atoms with Gasteiger partial charge in [-0.15, -0.1) is 11.8 Å². The first-order chi connectivity index (χ1) is 10.9. The van der Waals surface area contributed by atoms with Gasteiger partial charge in [0.1, 0.15) is 10.9 Å². The largest absolute Gasteiger partial charge is 0.348 e. The summed E-state index contributed by atoms with van der Waals surface area (Å²) in [5.74, 6) is 0.899. The van der Waals surface area contributed by atoms with Gasteiger partial charge in [0.25, 0.3) is 5.91 Å². The topological polar surface area (TPSA) is 54.9 Å². The molecule has 0 unspecified atom stereocenters. The van der Waals surface area contributed by atoms with Gasteiger partial charge in [0, 0.05) is 12.5 Å². The SMILES string of the molecule is CSc1nc(C(C)C)nc(C)c1C(=O)NCc1ccccc1C. The molecule has 0 aliphatic rings. The number of nitrogens with one attached hydrogen (secondary N) is 1. The lowest BCUT2D eigenvalue weighted by atomic mass is 10.1. The van der Waals surface area contributed by atoms with Crippen LogP contribution in [0.3, 0.4) is 0 Å². The predicted molar refractivity (Wildman–Crippen MR) is 95.0 cm³/mol. The third-order valence-electron chi connectivity index (χ3n) is 3.71. The van der Waals surface area contributed by atoms with Crippen LogP contribution in [-0.2, 0) is 6.54 Å². The van der Waals surface area contributed by atoms with E-state index in [2.05, 4.69) is 29.1 Å². The van der Waals surface area contributed by atoms with E-state index in [1.165, 1.54) is 17.3 Å². The van der Waals surface area contributed by atoms with Crippen molar-refractivity contribution < 1.29 is 4.79 Å². The van der Waals surface area contributed by atoms with Gasteiger partial charge in [-0.1, -0.05) is 38.1 Å². The molecule has 5 heteroatoms. The number of nitrogens with zero attached hydrogens (tertiary/aromatic N) is 2. The molecule has 2 rings (SSSR count). The minimum atomic E-state index is -0.120. The van der Waals surface area contributed by atoms with Crippen molar-refractivity contribution in [2.24, 2.45) is 0 Å². The molecule has 1 N–H and O–H groups in total. The minimum absolute atomic E-state index is 0.120. The Balaban J connectivity index is 2.24. The summed E-state index contributed by atoms with van der Waals surface area (Å²) >= 11 is 1.48. The molecule has 0 saturated carbocycles. The Morgan fingerprint density at radius 3 is 2.52 bits per heavy atom. The van der Waals surface area contributed by atoms with Crippen LogP contribution in [0.25, 0.3) is 0 Å². The molecular weight excluding hydrogens is 306 g/mol. The van der Waals surface area contributed by atoms with Gasteiger partial charge in [-0.25, -0.2) is 9.97 Å². The Morgan fingerprint density at radius 1 is 1.22 bits per heavy atom. The van der Waals surface area contributed by atoms with E-state index in [-0.39, 0.29) is 11.8 Å². The molecule has 1 amide bonds. The van der Waals surface area contributed by atoms with Crippen molar-refractivity contribution in [3.63, 3.8) is 0 Å². The number of benzene rings is 1. The molecular formula is C18H23N3OS. The van der Waals surface area contributed by atoms with Crippen molar-refractivity contribution in [3.05, 3.63) is 52.5 Å². The van der Waals surface area contributed by atoms with E-state index in [1.807, 2.05) is 44.4 Å². The minimum Gasteiger partial charge on any atom is -0.348 e. The van der Waals surface area contributed by atoms with Gasteiger partial charge in [-0.2, -0.15) is 0 Å². The molecule has 0 bridgehead atoms. The van der Waals surface area contributed by atoms with Crippen LogP contribution in [0.15, 0.2) is 29.3 Å². The van der Waals surface area contributed by atoms with Gasteiger partial charge >= 0.3 is 0 Å². The Labute approximate surface area is 142 Å². The number of hydrogen-bond acceptors (Lipinski definition) is 4. The van der Waals surface area contributed by atoms with Crippen molar-refractivity contribution in [2.75, 3.05) is 6.26 Å². The summed E-state index contributed by atoms with van der Waals surface area (Å²) in [6.07, 6.45) is 1.93. The zero-order chi connectivity index (χ0) is 17.0. The molecule has 0 aliphatic carbocycles. The number of hydrogen-bond donors (Lipinski definition) is 1. The molecule has 1 aromatic heterocycles. The highest BCUT2D eigenvalue weighted by molar-refractivity contribution is 7.98. The second-order valence-electron chi connectivity index (χ2n) is 5.82. The van der Waals surface area contributed by atoms with E-state index in [4.69, 9.17) is 0 Å². The number of carbonyl (C=O) groups excluding carboxylic acids is 1. The lowest BCUT2D eigenvalue weighted by Crippen LogP contribution is -2.26. The molecule has 122 valence electrons. The standard InChI is InChI=1S/C18H23N3OS/c1-11(2)16-20-13(4)15(18(21-16)23-5)17(22)19-10-14-9-7-6-8-12(14)3/h6-9,11H,10H2,1-5H3,(H,19,22). The van der Waals surface area contributed by atoms with E-state index < -0.39 is 0 Å². The first kappa shape index (κ1) is 17.5. The lowest BCUT2D eigenvalue weighted by molar-refractivity contribution is 0.0946. The van der Waals surface area contributed by atoms with Gasteiger partial charge in [0.15, 0.2) is 0 Å². The second kappa shape index (κ2) is 7.59. The maximum atomic E-state index is 12.6. The predicted octanol–water partition coefficient (Wildman–Crippen LogP) is 3.87. The zero-order valence-electron chi connectivity index (χ0n) is 14.3. The quantitative estimate of drug-likeness (QED) is 0.668. The van der Waals surface area contributed by atoms with Crippen LogP contribution in [0.2, 0.25) is 0 Å².